The summed E-state index contributed by atoms with van der Waals surface area (Å²) in [5, 5.41) is 0.0591. The predicted octanol–water partition coefficient (Wildman–Crippen LogP) is 2.11. The summed E-state index contributed by atoms with van der Waals surface area (Å²) in [5.74, 6) is 0.129. The van der Waals surface area contributed by atoms with Crippen LogP contribution in [0.25, 0.3) is 0 Å². The highest BCUT2D eigenvalue weighted by molar-refractivity contribution is 7.90. The molecular weight excluding hydrogens is 480 g/mol. The SMILES string of the molecule is O=C(C1CC1)N(CCN1CCOCC1)Cc1cnc(S(=O)(=O)Cc2ccccc2)n1C[C@@H]1CCCO1. The average molecular weight is 517 g/mol. The van der Waals surface area contributed by atoms with E-state index in [0.29, 0.717) is 39.5 Å². The fourth-order valence-electron chi connectivity index (χ4n) is 4.95. The van der Waals surface area contributed by atoms with E-state index in [0.717, 1.165) is 56.6 Å². The van der Waals surface area contributed by atoms with E-state index < -0.39 is 9.84 Å². The van der Waals surface area contributed by atoms with Crippen LogP contribution in [-0.2, 0) is 42.9 Å². The second-order valence-electron chi connectivity index (χ2n) is 10.0. The number of amides is 1. The number of imidazole rings is 1. The molecule has 0 bridgehead atoms. The molecule has 1 aromatic carbocycles. The number of aromatic nitrogens is 2. The third-order valence-corrected chi connectivity index (χ3v) is 8.77. The molecule has 1 saturated carbocycles. The van der Waals surface area contributed by atoms with Crippen LogP contribution in [0.3, 0.4) is 0 Å². The van der Waals surface area contributed by atoms with E-state index in [2.05, 4.69) is 9.88 Å². The van der Waals surface area contributed by atoms with Crippen molar-refractivity contribution >= 4 is 15.7 Å². The van der Waals surface area contributed by atoms with Crippen molar-refractivity contribution < 1.29 is 22.7 Å². The topological polar surface area (TPSA) is 94.0 Å². The van der Waals surface area contributed by atoms with Crippen molar-refractivity contribution in [3.8, 4) is 0 Å². The predicted molar refractivity (Wildman–Crippen MR) is 134 cm³/mol. The maximum absolute atomic E-state index is 13.5. The molecule has 2 aromatic rings. The molecule has 10 heteroatoms. The summed E-state index contributed by atoms with van der Waals surface area (Å²) in [4.78, 5) is 21.8. The molecule has 3 aliphatic rings. The largest absolute Gasteiger partial charge is 0.379 e. The molecule has 0 radical (unpaired) electrons. The van der Waals surface area contributed by atoms with Crippen molar-refractivity contribution in [2.75, 3.05) is 46.0 Å². The van der Waals surface area contributed by atoms with Crippen LogP contribution in [0.1, 0.15) is 36.9 Å². The molecule has 1 aromatic heterocycles. The van der Waals surface area contributed by atoms with Crippen LogP contribution in [0.5, 0.6) is 0 Å². The first-order chi connectivity index (χ1) is 17.5. The van der Waals surface area contributed by atoms with Crippen LogP contribution in [0.15, 0.2) is 41.7 Å². The first-order valence-electron chi connectivity index (χ1n) is 13.0. The van der Waals surface area contributed by atoms with Crippen LogP contribution in [-0.4, -0.2) is 85.8 Å². The van der Waals surface area contributed by atoms with Crippen molar-refractivity contribution in [3.05, 3.63) is 47.8 Å². The van der Waals surface area contributed by atoms with Crippen LogP contribution < -0.4 is 0 Å². The van der Waals surface area contributed by atoms with E-state index in [-0.39, 0.29) is 28.8 Å². The number of carbonyl (C=O) groups excluding carboxylic acids is 1. The van der Waals surface area contributed by atoms with Crippen LogP contribution >= 0.6 is 0 Å². The molecule has 3 heterocycles. The summed E-state index contributed by atoms with van der Waals surface area (Å²) in [6.07, 6.45) is 5.29. The van der Waals surface area contributed by atoms with Gasteiger partial charge < -0.3 is 18.9 Å². The molecule has 1 amide bonds. The molecule has 0 spiro atoms. The smallest absolute Gasteiger partial charge is 0.228 e. The lowest BCUT2D eigenvalue weighted by Gasteiger charge is -2.30. The molecule has 36 heavy (non-hydrogen) atoms. The molecule has 9 nitrogen and oxygen atoms in total. The molecule has 196 valence electrons. The van der Waals surface area contributed by atoms with Gasteiger partial charge in [0.05, 0.1) is 50.1 Å². The summed E-state index contributed by atoms with van der Waals surface area (Å²) in [6, 6.07) is 9.17. The van der Waals surface area contributed by atoms with Gasteiger partial charge in [0, 0.05) is 38.7 Å². The Morgan fingerprint density at radius 2 is 1.86 bits per heavy atom. The minimum Gasteiger partial charge on any atom is -0.379 e. The zero-order chi connectivity index (χ0) is 25.0. The van der Waals surface area contributed by atoms with Gasteiger partial charge in [0.2, 0.25) is 20.9 Å². The third kappa shape index (κ3) is 6.34. The summed E-state index contributed by atoms with van der Waals surface area (Å²) >= 11 is 0. The molecule has 0 N–H and O–H groups in total. The van der Waals surface area contributed by atoms with Gasteiger partial charge in [-0.05, 0) is 31.2 Å². The summed E-state index contributed by atoms with van der Waals surface area (Å²) in [6.45, 7) is 6.00. The maximum Gasteiger partial charge on any atom is 0.228 e. The van der Waals surface area contributed by atoms with Gasteiger partial charge >= 0.3 is 0 Å². The maximum atomic E-state index is 13.5. The van der Waals surface area contributed by atoms with E-state index in [9.17, 15) is 13.2 Å². The van der Waals surface area contributed by atoms with Crippen LogP contribution in [0, 0.1) is 5.92 Å². The van der Waals surface area contributed by atoms with Gasteiger partial charge in [0.1, 0.15) is 0 Å². The molecular formula is C26H36N4O5S. The standard InChI is InChI=1S/C26H36N4O5S/c31-25(22-8-9-22)29(11-10-28-12-15-34-16-13-28)18-23-17-27-26(30(23)19-24-7-4-14-35-24)36(32,33)20-21-5-2-1-3-6-21/h1-3,5-6,17,22,24H,4,7-16,18-20H2/t24-/m0/s1. The minimum atomic E-state index is -3.68. The zero-order valence-corrected chi connectivity index (χ0v) is 21.6. The van der Waals surface area contributed by atoms with Crippen LogP contribution in [0.2, 0.25) is 0 Å². The Hall–Kier alpha value is -2.27. The normalized spacial score (nSPS) is 21.1. The lowest BCUT2D eigenvalue weighted by Crippen LogP contribution is -2.43. The van der Waals surface area contributed by atoms with Crippen molar-refractivity contribution in [1.82, 2.24) is 19.4 Å². The summed E-state index contributed by atoms with van der Waals surface area (Å²) in [7, 11) is -3.68. The van der Waals surface area contributed by atoms with Gasteiger partial charge in [0.25, 0.3) is 0 Å². The summed E-state index contributed by atoms with van der Waals surface area (Å²) in [5.41, 5.74) is 1.47. The highest BCUT2D eigenvalue weighted by atomic mass is 32.2. The number of hydrogen-bond donors (Lipinski definition) is 0. The Labute approximate surface area is 213 Å². The molecule has 1 atom stereocenters. The van der Waals surface area contributed by atoms with Crippen LogP contribution in [0.4, 0.5) is 0 Å². The minimum absolute atomic E-state index is 0.0513. The Morgan fingerprint density at radius 3 is 2.56 bits per heavy atom. The van der Waals surface area contributed by atoms with Gasteiger partial charge in [-0.2, -0.15) is 0 Å². The third-order valence-electron chi connectivity index (χ3n) is 7.17. The quantitative estimate of drug-likeness (QED) is 0.452. The van der Waals surface area contributed by atoms with Gasteiger partial charge in [-0.1, -0.05) is 30.3 Å². The number of carbonyl (C=O) groups is 1. The highest BCUT2D eigenvalue weighted by Crippen LogP contribution is 2.32. The number of rotatable bonds is 11. The van der Waals surface area contributed by atoms with Crippen molar-refractivity contribution in [3.63, 3.8) is 0 Å². The molecule has 5 rings (SSSR count). The average Bonchev–Trinajstić information content (AvgIpc) is 3.46. The fourth-order valence-corrected chi connectivity index (χ4v) is 6.45. The van der Waals surface area contributed by atoms with E-state index in [1.54, 1.807) is 10.8 Å². The number of benzene rings is 1. The molecule has 3 fully saturated rings. The Kier molecular flexibility index (Phi) is 8.05. The number of hydrogen-bond acceptors (Lipinski definition) is 7. The molecule has 1 aliphatic carbocycles. The lowest BCUT2D eigenvalue weighted by atomic mass is 10.2. The van der Waals surface area contributed by atoms with E-state index >= 15 is 0 Å². The molecule has 0 unspecified atom stereocenters. The van der Waals surface area contributed by atoms with Gasteiger partial charge in [-0.25, -0.2) is 13.4 Å². The first kappa shape index (κ1) is 25.4. The van der Waals surface area contributed by atoms with E-state index in [1.165, 1.54) is 0 Å². The second kappa shape index (κ2) is 11.4. The van der Waals surface area contributed by atoms with Crippen molar-refractivity contribution in [2.24, 2.45) is 5.92 Å². The van der Waals surface area contributed by atoms with Gasteiger partial charge in [-0.15, -0.1) is 0 Å². The van der Waals surface area contributed by atoms with Gasteiger partial charge in [-0.3, -0.25) is 9.69 Å². The zero-order valence-electron chi connectivity index (χ0n) is 20.8. The molecule has 2 saturated heterocycles. The second-order valence-corrected chi connectivity index (χ2v) is 11.9. The van der Waals surface area contributed by atoms with E-state index in [4.69, 9.17) is 9.47 Å². The highest BCUT2D eigenvalue weighted by Gasteiger charge is 2.35. The number of sulfone groups is 1. The fraction of sp³-hybridized carbons (Fsp3) is 0.615. The number of nitrogens with zero attached hydrogens (tertiary/aromatic N) is 4. The first-order valence-corrected chi connectivity index (χ1v) is 14.7. The Balaban J connectivity index is 1.38. The van der Waals surface area contributed by atoms with Gasteiger partial charge in [0.15, 0.2) is 0 Å². The Morgan fingerprint density at radius 1 is 1.08 bits per heavy atom. The monoisotopic (exact) mass is 516 g/mol. The Bertz CT molecular complexity index is 1120. The number of ether oxygens (including phenoxy) is 2. The molecule has 2 aliphatic heterocycles. The lowest BCUT2D eigenvalue weighted by molar-refractivity contribution is -0.133. The van der Waals surface area contributed by atoms with Crippen molar-refractivity contribution in [2.45, 2.75) is 55.8 Å². The van der Waals surface area contributed by atoms with Crippen molar-refractivity contribution in [1.29, 1.82) is 0 Å². The van der Waals surface area contributed by atoms with E-state index in [1.807, 2.05) is 35.2 Å². The summed E-state index contributed by atoms with van der Waals surface area (Å²) < 4.78 is 40.0. The number of morpholine rings is 1.